The lowest BCUT2D eigenvalue weighted by Gasteiger charge is -2.47. The topological polar surface area (TPSA) is 73.8 Å². The fourth-order valence-electron chi connectivity index (χ4n) is 7.44. The Hall–Kier alpha value is -5.49. The number of hydrogen-bond donors (Lipinski definition) is 0. The van der Waals surface area contributed by atoms with Crippen LogP contribution in [0.2, 0.25) is 0 Å². The van der Waals surface area contributed by atoms with Gasteiger partial charge in [-0.1, -0.05) is 195 Å². The van der Waals surface area contributed by atoms with Gasteiger partial charge in [-0.15, -0.1) is 0 Å². The maximum Gasteiger partial charge on any atom is 0.229 e. The van der Waals surface area contributed by atoms with Crippen LogP contribution < -0.4 is 0 Å². The normalized spacial score (nSPS) is 23.6. The SMILES string of the molecule is C=C1O[C@@H](Sc2ccccc2)[C@H](OCc2ccccc2)[C@@H](OCc2ccccc2)[C@@H]1O[C@H]1OC(=C)[C@@H](OCc2ccccc2)[C@H](OCc2ccccc2)[C@H]1OCc1ccccc1. The Morgan fingerprint density at radius 3 is 1.15 bits per heavy atom. The molecular formula is C53H52O8S. The van der Waals surface area contributed by atoms with E-state index in [2.05, 4.69) is 25.3 Å². The predicted molar refractivity (Wildman–Crippen MR) is 240 cm³/mol. The number of ether oxygens (including phenoxy) is 8. The average Bonchev–Trinajstić information content (AvgIpc) is 3.32. The minimum absolute atomic E-state index is 0.256. The van der Waals surface area contributed by atoms with Crippen molar-refractivity contribution in [1.82, 2.24) is 0 Å². The fraction of sp³-hybridized carbons (Fsp3) is 0.245. The molecule has 8 nitrogen and oxygen atoms in total. The summed E-state index contributed by atoms with van der Waals surface area (Å²) in [6.45, 7) is 10.3. The minimum Gasteiger partial charge on any atom is -0.479 e. The van der Waals surface area contributed by atoms with E-state index in [1.165, 1.54) is 0 Å². The summed E-state index contributed by atoms with van der Waals surface area (Å²) >= 11 is 1.55. The summed E-state index contributed by atoms with van der Waals surface area (Å²) in [5, 5.41) is 0. The summed E-state index contributed by atoms with van der Waals surface area (Å²) in [5.41, 5.74) is 4.45. The lowest BCUT2D eigenvalue weighted by Crippen LogP contribution is -2.60. The van der Waals surface area contributed by atoms with Gasteiger partial charge in [0.2, 0.25) is 6.29 Å². The van der Waals surface area contributed by atoms with E-state index in [0.717, 1.165) is 32.7 Å². The monoisotopic (exact) mass is 848 g/mol. The Kier molecular flexibility index (Phi) is 15.3. The fourth-order valence-corrected chi connectivity index (χ4v) is 8.56. The van der Waals surface area contributed by atoms with Crippen LogP contribution in [0.4, 0.5) is 0 Å². The van der Waals surface area contributed by atoms with Crippen LogP contribution in [0, 0.1) is 0 Å². The van der Waals surface area contributed by atoms with Crippen molar-refractivity contribution >= 4 is 11.8 Å². The quantitative estimate of drug-likeness (QED) is 0.0792. The van der Waals surface area contributed by atoms with Crippen molar-refractivity contribution in [1.29, 1.82) is 0 Å². The second-order valence-electron chi connectivity index (χ2n) is 15.2. The number of benzene rings is 6. The molecule has 62 heavy (non-hydrogen) atoms. The predicted octanol–water partition coefficient (Wildman–Crippen LogP) is 10.8. The van der Waals surface area contributed by atoms with E-state index in [1.54, 1.807) is 11.8 Å². The Labute approximate surface area is 369 Å². The first-order chi connectivity index (χ1) is 30.6. The molecule has 0 amide bonds. The molecule has 0 spiro atoms. The van der Waals surface area contributed by atoms with Crippen LogP contribution in [0.3, 0.4) is 0 Å². The third-order valence-corrected chi connectivity index (χ3v) is 11.8. The van der Waals surface area contributed by atoms with Gasteiger partial charge in [0.05, 0.1) is 33.0 Å². The van der Waals surface area contributed by atoms with Crippen molar-refractivity contribution in [3.05, 3.63) is 234 Å². The lowest BCUT2D eigenvalue weighted by atomic mass is 10.00. The second kappa shape index (κ2) is 22.0. The average molecular weight is 849 g/mol. The first kappa shape index (κ1) is 43.2. The molecule has 2 heterocycles. The highest BCUT2D eigenvalue weighted by molar-refractivity contribution is 7.99. The Balaban J connectivity index is 1.13. The van der Waals surface area contributed by atoms with E-state index in [9.17, 15) is 0 Å². The molecular weight excluding hydrogens is 797 g/mol. The highest BCUT2D eigenvalue weighted by atomic mass is 32.2. The number of rotatable bonds is 19. The molecule has 0 radical (unpaired) electrons. The molecule has 2 aliphatic rings. The van der Waals surface area contributed by atoms with Crippen LogP contribution in [0.25, 0.3) is 0 Å². The lowest BCUT2D eigenvalue weighted by molar-refractivity contribution is -0.305. The zero-order valence-electron chi connectivity index (χ0n) is 34.6. The van der Waals surface area contributed by atoms with Gasteiger partial charge in [0.25, 0.3) is 0 Å². The van der Waals surface area contributed by atoms with Gasteiger partial charge >= 0.3 is 0 Å². The van der Waals surface area contributed by atoms with Crippen molar-refractivity contribution in [3.8, 4) is 0 Å². The van der Waals surface area contributed by atoms with Crippen LogP contribution in [-0.4, -0.2) is 48.3 Å². The number of thioether (sulfide) groups is 1. The summed E-state index contributed by atoms with van der Waals surface area (Å²) in [5.74, 6) is 0.721. The second-order valence-corrected chi connectivity index (χ2v) is 16.3. The van der Waals surface area contributed by atoms with Gasteiger partial charge in [0.1, 0.15) is 48.1 Å². The van der Waals surface area contributed by atoms with E-state index in [-0.39, 0.29) is 19.8 Å². The maximum absolute atomic E-state index is 7.11. The van der Waals surface area contributed by atoms with Gasteiger partial charge < -0.3 is 37.9 Å². The van der Waals surface area contributed by atoms with Crippen molar-refractivity contribution in [2.45, 2.75) is 86.3 Å². The molecule has 6 aromatic rings. The summed E-state index contributed by atoms with van der Waals surface area (Å²) < 4.78 is 54.6. The molecule has 0 N–H and O–H groups in total. The van der Waals surface area contributed by atoms with E-state index < -0.39 is 48.3 Å². The molecule has 2 fully saturated rings. The molecule has 318 valence electrons. The molecule has 0 aromatic heterocycles. The summed E-state index contributed by atoms with van der Waals surface area (Å²) in [6.07, 6.45) is -5.47. The highest BCUT2D eigenvalue weighted by Crippen LogP contribution is 2.41. The van der Waals surface area contributed by atoms with Crippen molar-refractivity contribution in [3.63, 3.8) is 0 Å². The minimum atomic E-state index is -1.05. The van der Waals surface area contributed by atoms with Crippen LogP contribution in [-0.2, 0) is 70.9 Å². The van der Waals surface area contributed by atoms with E-state index in [0.29, 0.717) is 24.7 Å². The van der Waals surface area contributed by atoms with Gasteiger partial charge in [0.15, 0.2) is 5.44 Å². The summed E-state index contributed by atoms with van der Waals surface area (Å²) in [6, 6.07) is 60.2. The standard InChI is InChI=1S/C53H52O8S/c1-38-46(54-33-40-21-9-3-10-22-40)48(55-34-41-23-11-4-12-24-41)50(57-36-43-27-15-6-16-28-43)52(59-38)61-47-39(2)60-53(62-45-31-19-8-20-32-45)51(58-37-44-29-17-7-18-30-44)49(47)56-35-42-25-13-5-14-26-42/h3-32,46-53H,1-2,33-37H2/t46-,47-,48+,49+,50-,51-,52-,53+/m1/s1. The molecule has 0 bridgehead atoms. The van der Waals surface area contributed by atoms with Crippen LogP contribution in [0.15, 0.2) is 212 Å². The Morgan fingerprint density at radius 1 is 0.371 bits per heavy atom. The van der Waals surface area contributed by atoms with Gasteiger partial charge in [-0.2, -0.15) is 0 Å². The first-order valence-corrected chi connectivity index (χ1v) is 21.8. The molecule has 8 rings (SSSR count). The van der Waals surface area contributed by atoms with E-state index >= 15 is 0 Å². The molecule has 0 aliphatic carbocycles. The van der Waals surface area contributed by atoms with Gasteiger partial charge in [-0.25, -0.2) is 0 Å². The first-order valence-electron chi connectivity index (χ1n) is 20.9. The Morgan fingerprint density at radius 2 is 0.710 bits per heavy atom. The van der Waals surface area contributed by atoms with E-state index in [1.807, 2.05) is 170 Å². The van der Waals surface area contributed by atoms with Gasteiger partial charge in [-0.05, 0) is 39.9 Å². The molecule has 9 heteroatoms. The molecule has 0 unspecified atom stereocenters. The maximum atomic E-state index is 7.11. The van der Waals surface area contributed by atoms with Crippen LogP contribution in [0.5, 0.6) is 0 Å². The zero-order chi connectivity index (χ0) is 42.4. The third-order valence-electron chi connectivity index (χ3n) is 10.6. The molecule has 6 aromatic carbocycles. The summed E-state index contributed by atoms with van der Waals surface area (Å²) in [4.78, 5) is 1.01. The largest absolute Gasteiger partial charge is 0.479 e. The van der Waals surface area contributed by atoms with Gasteiger partial charge in [-0.3, -0.25) is 0 Å². The molecule has 2 saturated heterocycles. The molecule has 0 saturated carbocycles. The van der Waals surface area contributed by atoms with Crippen molar-refractivity contribution in [2.75, 3.05) is 0 Å². The molecule has 2 aliphatic heterocycles. The zero-order valence-corrected chi connectivity index (χ0v) is 35.4. The van der Waals surface area contributed by atoms with Crippen molar-refractivity contribution < 1.29 is 37.9 Å². The van der Waals surface area contributed by atoms with Gasteiger partial charge in [0, 0.05) is 4.90 Å². The summed E-state index contributed by atoms with van der Waals surface area (Å²) in [7, 11) is 0. The molecule has 8 atom stereocenters. The van der Waals surface area contributed by atoms with Crippen LogP contribution in [0.1, 0.15) is 27.8 Å². The highest BCUT2D eigenvalue weighted by Gasteiger charge is 2.52. The van der Waals surface area contributed by atoms with Crippen LogP contribution >= 0.6 is 11.8 Å². The third kappa shape index (κ3) is 11.7. The Bertz CT molecular complexity index is 2250. The number of hydrogen-bond acceptors (Lipinski definition) is 9. The van der Waals surface area contributed by atoms with Crippen molar-refractivity contribution in [2.24, 2.45) is 0 Å². The van der Waals surface area contributed by atoms with E-state index in [4.69, 9.17) is 37.9 Å². The smallest absolute Gasteiger partial charge is 0.229 e.